The first-order valence-electron chi connectivity index (χ1n) is 9.57. The van der Waals surface area contributed by atoms with Gasteiger partial charge in [-0.15, -0.1) is 0 Å². The lowest BCUT2D eigenvalue weighted by atomic mass is 9.47. The summed E-state index contributed by atoms with van der Waals surface area (Å²) in [4.78, 5) is 24.7. The van der Waals surface area contributed by atoms with Crippen LogP contribution in [0.1, 0.15) is 32.1 Å². The molecule has 162 valence electrons. The van der Waals surface area contributed by atoms with Gasteiger partial charge in [0.25, 0.3) is 0 Å². The summed E-state index contributed by atoms with van der Waals surface area (Å²) in [6, 6.07) is 0. The van der Waals surface area contributed by atoms with E-state index in [2.05, 4.69) is 0 Å². The van der Waals surface area contributed by atoms with Gasteiger partial charge in [-0.25, -0.2) is 4.79 Å². The molecule has 12 heteroatoms. The maximum atomic E-state index is 12.8. The summed E-state index contributed by atoms with van der Waals surface area (Å²) < 4.78 is 53.0. The zero-order chi connectivity index (χ0) is 20.8. The first kappa shape index (κ1) is 19.6. The van der Waals surface area contributed by atoms with E-state index in [1.807, 2.05) is 0 Å². The molecular formula is C17H22O11S. The predicted octanol–water partition coefficient (Wildman–Crippen LogP) is -1.08. The highest BCUT2D eigenvalue weighted by Crippen LogP contribution is 2.67. The Labute approximate surface area is 166 Å². The Hall–Kier alpha value is -1.31. The van der Waals surface area contributed by atoms with Crippen molar-refractivity contribution in [2.75, 3.05) is 13.2 Å². The lowest BCUT2D eigenvalue weighted by molar-refractivity contribution is -0.314. The second-order valence-electron chi connectivity index (χ2n) is 8.96. The van der Waals surface area contributed by atoms with E-state index in [4.69, 9.17) is 23.5 Å². The first-order valence-corrected chi connectivity index (χ1v) is 11.0. The Bertz CT molecular complexity index is 849. The second kappa shape index (κ2) is 5.89. The molecule has 0 amide bonds. The molecule has 0 aromatic carbocycles. The van der Waals surface area contributed by atoms with E-state index in [0.29, 0.717) is 19.3 Å². The van der Waals surface area contributed by atoms with Gasteiger partial charge in [-0.1, -0.05) is 0 Å². The van der Waals surface area contributed by atoms with Crippen LogP contribution in [0.15, 0.2) is 0 Å². The highest BCUT2D eigenvalue weighted by atomic mass is 32.2. The van der Waals surface area contributed by atoms with Crippen LogP contribution in [0.25, 0.3) is 0 Å². The van der Waals surface area contributed by atoms with E-state index in [-0.39, 0.29) is 24.4 Å². The normalized spacial score (nSPS) is 45.5. The van der Waals surface area contributed by atoms with E-state index in [9.17, 15) is 28.2 Å². The van der Waals surface area contributed by atoms with Crippen LogP contribution in [0, 0.1) is 23.2 Å². The van der Waals surface area contributed by atoms with E-state index < -0.39 is 57.2 Å². The molecule has 2 aliphatic heterocycles. The van der Waals surface area contributed by atoms with Crippen LogP contribution in [-0.4, -0.2) is 71.5 Å². The zero-order valence-electron chi connectivity index (χ0n) is 15.4. The maximum absolute atomic E-state index is 12.8. The van der Waals surface area contributed by atoms with Crippen molar-refractivity contribution in [2.45, 2.75) is 55.2 Å². The molecule has 4 saturated carbocycles. The number of rotatable bonds is 4. The number of hydrogen-bond donors (Lipinski definition) is 3. The van der Waals surface area contributed by atoms with E-state index in [1.54, 1.807) is 0 Å². The Morgan fingerprint density at radius 1 is 1.17 bits per heavy atom. The predicted molar refractivity (Wildman–Crippen MR) is 89.1 cm³/mol. The Kier molecular flexibility index (Phi) is 3.99. The molecule has 2 heterocycles. The third-order valence-electron chi connectivity index (χ3n) is 7.17. The number of carbonyl (C=O) groups is 2. The van der Waals surface area contributed by atoms with Crippen molar-refractivity contribution in [3.8, 4) is 0 Å². The van der Waals surface area contributed by atoms with Gasteiger partial charge in [0.1, 0.15) is 12.7 Å². The third kappa shape index (κ3) is 2.70. The van der Waals surface area contributed by atoms with Crippen molar-refractivity contribution < 1.29 is 51.7 Å². The SMILES string of the molecule is O=C1OCC2OC3(OC12)C1CC2CC3CC(C(=O)OCC(O)(O)S(=O)(=O)O)(C2)C1. The van der Waals surface area contributed by atoms with E-state index in [0.717, 1.165) is 12.8 Å². The van der Waals surface area contributed by atoms with Gasteiger partial charge in [0.05, 0.1) is 5.41 Å². The molecule has 3 N–H and O–H groups in total. The number of esters is 2. The largest absolute Gasteiger partial charge is 0.461 e. The summed E-state index contributed by atoms with van der Waals surface area (Å²) in [5.74, 6) is -2.19. The van der Waals surface area contributed by atoms with Gasteiger partial charge < -0.3 is 29.2 Å². The third-order valence-corrected chi connectivity index (χ3v) is 8.12. The molecule has 4 unspecified atom stereocenters. The number of cyclic esters (lactones) is 1. The standard InChI is InChI=1S/C17H22O11S/c18-13-12-11(6-25-13)27-17(28-12)9-1-8-2-10(17)5-15(3-8,4-9)14(19)26-7-16(20,21)29(22,23)24/h8-12,20-21H,1-7H2,(H,22,23,24). The molecule has 6 fully saturated rings. The van der Waals surface area contributed by atoms with Crippen molar-refractivity contribution in [3.63, 3.8) is 0 Å². The molecule has 29 heavy (non-hydrogen) atoms. The molecule has 0 radical (unpaired) electrons. The van der Waals surface area contributed by atoms with Crippen LogP contribution in [0.3, 0.4) is 0 Å². The molecule has 0 aromatic heterocycles. The molecule has 0 aromatic rings. The zero-order valence-corrected chi connectivity index (χ0v) is 16.2. The van der Waals surface area contributed by atoms with Crippen LogP contribution >= 0.6 is 0 Å². The molecule has 6 aliphatic rings. The lowest BCUT2D eigenvalue weighted by Gasteiger charge is -2.61. The number of carbonyl (C=O) groups excluding carboxylic acids is 2. The summed E-state index contributed by atoms with van der Waals surface area (Å²) in [6.45, 7) is -1.15. The van der Waals surface area contributed by atoms with Crippen LogP contribution in [-0.2, 0) is 38.7 Å². The number of aliphatic hydroxyl groups is 2. The lowest BCUT2D eigenvalue weighted by Crippen LogP contribution is -2.64. The second-order valence-corrected chi connectivity index (χ2v) is 10.6. The molecule has 2 saturated heterocycles. The first-order chi connectivity index (χ1) is 13.5. The number of hydrogen-bond acceptors (Lipinski definition) is 10. The minimum Gasteiger partial charge on any atom is -0.461 e. The molecule has 4 atom stereocenters. The Morgan fingerprint density at radius 2 is 1.83 bits per heavy atom. The smallest absolute Gasteiger partial charge is 0.338 e. The number of ether oxygens (including phenoxy) is 4. The number of fused-ring (bicyclic) bond motifs is 1. The summed E-state index contributed by atoms with van der Waals surface area (Å²) in [7, 11) is -5.24. The minimum absolute atomic E-state index is 0.144. The van der Waals surface area contributed by atoms with Gasteiger partial charge >= 0.3 is 27.2 Å². The molecule has 4 bridgehead atoms. The minimum atomic E-state index is -5.24. The van der Waals surface area contributed by atoms with Crippen molar-refractivity contribution >= 4 is 22.1 Å². The van der Waals surface area contributed by atoms with Gasteiger partial charge in [-0.2, -0.15) is 8.42 Å². The molecule has 4 aliphatic carbocycles. The summed E-state index contributed by atoms with van der Waals surface area (Å²) in [5, 5.41) is 15.3. The molecular weight excluding hydrogens is 412 g/mol. The van der Waals surface area contributed by atoms with Gasteiger partial charge in [-0.05, 0) is 38.0 Å². The van der Waals surface area contributed by atoms with Crippen LogP contribution in [0.5, 0.6) is 0 Å². The van der Waals surface area contributed by atoms with Crippen molar-refractivity contribution in [1.29, 1.82) is 0 Å². The van der Waals surface area contributed by atoms with Crippen molar-refractivity contribution in [3.05, 3.63) is 0 Å². The fourth-order valence-corrected chi connectivity index (χ4v) is 6.32. The average molecular weight is 434 g/mol. The Balaban J connectivity index is 1.35. The monoisotopic (exact) mass is 434 g/mol. The molecule has 11 nitrogen and oxygen atoms in total. The molecule has 1 spiro atoms. The van der Waals surface area contributed by atoms with Crippen LogP contribution in [0.2, 0.25) is 0 Å². The summed E-state index contributed by atoms with van der Waals surface area (Å²) in [5.41, 5.74) is -0.915. The summed E-state index contributed by atoms with van der Waals surface area (Å²) >= 11 is 0. The quantitative estimate of drug-likeness (QED) is 0.280. The summed E-state index contributed by atoms with van der Waals surface area (Å²) in [6.07, 6.45) is 1.60. The van der Waals surface area contributed by atoms with Gasteiger partial charge in [0.2, 0.25) is 0 Å². The van der Waals surface area contributed by atoms with Crippen LogP contribution in [0.4, 0.5) is 0 Å². The maximum Gasteiger partial charge on any atom is 0.338 e. The van der Waals surface area contributed by atoms with E-state index >= 15 is 0 Å². The fourth-order valence-electron chi connectivity index (χ4n) is 6.12. The van der Waals surface area contributed by atoms with Crippen molar-refractivity contribution in [1.82, 2.24) is 0 Å². The van der Waals surface area contributed by atoms with Gasteiger partial charge in [-0.3, -0.25) is 9.35 Å². The van der Waals surface area contributed by atoms with Gasteiger partial charge in [0.15, 0.2) is 18.5 Å². The van der Waals surface area contributed by atoms with E-state index in [1.165, 1.54) is 0 Å². The Morgan fingerprint density at radius 3 is 2.41 bits per heavy atom. The fraction of sp³-hybridized carbons (Fsp3) is 0.882. The van der Waals surface area contributed by atoms with Gasteiger partial charge in [0, 0.05) is 11.8 Å². The average Bonchev–Trinajstić information content (AvgIpc) is 3.16. The molecule has 6 rings (SSSR count). The van der Waals surface area contributed by atoms with Crippen molar-refractivity contribution in [2.24, 2.45) is 23.2 Å². The topological polar surface area (TPSA) is 166 Å². The van der Waals surface area contributed by atoms with Crippen LogP contribution < -0.4 is 0 Å². The highest BCUT2D eigenvalue weighted by Gasteiger charge is 2.71. The highest BCUT2D eigenvalue weighted by molar-refractivity contribution is 7.86.